The van der Waals surface area contributed by atoms with Crippen LogP contribution < -0.4 is 5.73 Å². The molecular formula is C13H20N4. The summed E-state index contributed by atoms with van der Waals surface area (Å²) in [5.41, 5.74) is 8.65. The molecule has 0 unspecified atom stereocenters. The fraction of sp³-hybridized carbons (Fsp3) is 0.462. The minimum absolute atomic E-state index is 0.770. The second-order valence-corrected chi connectivity index (χ2v) is 4.21. The maximum Gasteiger partial charge on any atom is 0.0958 e. The zero-order valence-electron chi connectivity index (χ0n) is 10.6. The quantitative estimate of drug-likeness (QED) is 0.802. The average Bonchev–Trinajstić information content (AvgIpc) is 2.73. The third-order valence-corrected chi connectivity index (χ3v) is 3.20. The van der Waals surface area contributed by atoms with Crippen LogP contribution in [0.2, 0.25) is 0 Å². The summed E-state index contributed by atoms with van der Waals surface area (Å²) in [6, 6.07) is 5.89. The minimum Gasteiger partial charge on any atom is -0.399 e. The third kappa shape index (κ3) is 2.58. The highest BCUT2D eigenvalue weighted by molar-refractivity contribution is 5.78. The number of anilines is 1. The van der Waals surface area contributed by atoms with Crippen molar-refractivity contribution in [2.24, 2.45) is 0 Å². The summed E-state index contributed by atoms with van der Waals surface area (Å²) in [6.45, 7) is 8.60. The summed E-state index contributed by atoms with van der Waals surface area (Å²) in [7, 11) is 0. The lowest BCUT2D eigenvalue weighted by atomic mass is 10.3. The molecule has 0 saturated carbocycles. The Morgan fingerprint density at radius 1 is 1.29 bits per heavy atom. The largest absolute Gasteiger partial charge is 0.399 e. The van der Waals surface area contributed by atoms with Crippen molar-refractivity contribution in [2.75, 3.05) is 25.4 Å². The van der Waals surface area contributed by atoms with Crippen molar-refractivity contribution in [3.05, 3.63) is 24.5 Å². The van der Waals surface area contributed by atoms with Crippen LogP contribution in [-0.2, 0) is 6.54 Å². The molecular weight excluding hydrogens is 212 g/mol. The van der Waals surface area contributed by atoms with E-state index >= 15 is 0 Å². The second kappa shape index (κ2) is 5.19. The standard InChI is InChI=1S/C13H20N4/c1-3-16(4-2)7-8-17-10-15-12-9-11(14)5-6-13(12)17/h5-6,9-10H,3-4,7-8,14H2,1-2H3. The van der Waals surface area contributed by atoms with Crippen LogP contribution in [0.4, 0.5) is 5.69 Å². The van der Waals surface area contributed by atoms with Crippen molar-refractivity contribution in [1.29, 1.82) is 0 Å². The van der Waals surface area contributed by atoms with Gasteiger partial charge < -0.3 is 15.2 Å². The summed E-state index contributed by atoms with van der Waals surface area (Å²) >= 11 is 0. The van der Waals surface area contributed by atoms with Gasteiger partial charge in [-0.3, -0.25) is 0 Å². The highest BCUT2D eigenvalue weighted by Crippen LogP contribution is 2.15. The van der Waals surface area contributed by atoms with E-state index < -0.39 is 0 Å². The molecule has 0 aliphatic heterocycles. The molecule has 1 heterocycles. The summed E-state index contributed by atoms with van der Waals surface area (Å²) in [5.74, 6) is 0. The Hall–Kier alpha value is -1.55. The molecule has 92 valence electrons. The van der Waals surface area contributed by atoms with Crippen molar-refractivity contribution in [2.45, 2.75) is 20.4 Å². The van der Waals surface area contributed by atoms with Crippen LogP contribution >= 0.6 is 0 Å². The van der Waals surface area contributed by atoms with Gasteiger partial charge in [0, 0.05) is 18.8 Å². The van der Waals surface area contributed by atoms with Crippen LogP contribution in [-0.4, -0.2) is 34.1 Å². The molecule has 0 fully saturated rings. The number of nitrogens with two attached hydrogens (primary N) is 1. The molecule has 0 atom stereocenters. The first-order valence-corrected chi connectivity index (χ1v) is 6.17. The van der Waals surface area contributed by atoms with Crippen LogP contribution in [0.3, 0.4) is 0 Å². The molecule has 2 N–H and O–H groups in total. The Labute approximate surface area is 102 Å². The molecule has 0 radical (unpaired) electrons. The Morgan fingerprint density at radius 2 is 2.06 bits per heavy atom. The first kappa shape index (κ1) is 11.9. The van der Waals surface area contributed by atoms with E-state index in [4.69, 9.17) is 5.73 Å². The van der Waals surface area contributed by atoms with Crippen molar-refractivity contribution in [3.8, 4) is 0 Å². The number of likely N-dealkylation sites (N-methyl/N-ethyl adjacent to an activating group) is 1. The third-order valence-electron chi connectivity index (χ3n) is 3.20. The molecule has 1 aromatic heterocycles. The average molecular weight is 232 g/mol. The van der Waals surface area contributed by atoms with Crippen LogP contribution in [0.1, 0.15) is 13.8 Å². The molecule has 1 aromatic carbocycles. The highest BCUT2D eigenvalue weighted by atomic mass is 15.1. The van der Waals surface area contributed by atoms with Crippen LogP contribution in [0.25, 0.3) is 11.0 Å². The Bertz CT molecular complexity index is 485. The molecule has 4 heteroatoms. The number of aromatic nitrogens is 2. The molecule has 0 amide bonds. The van der Waals surface area contributed by atoms with Gasteiger partial charge in [-0.25, -0.2) is 4.98 Å². The predicted molar refractivity (Wildman–Crippen MR) is 71.9 cm³/mol. The molecule has 4 nitrogen and oxygen atoms in total. The first-order chi connectivity index (χ1) is 8.24. The number of rotatable bonds is 5. The van der Waals surface area contributed by atoms with Crippen molar-refractivity contribution < 1.29 is 0 Å². The van der Waals surface area contributed by atoms with Gasteiger partial charge in [-0.05, 0) is 31.3 Å². The van der Waals surface area contributed by atoms with Crippen molar-refractivity contribution in [3.63, 3.8) is 0 Å². The smallest absolute Gasteiger partial charge is 0.0958 e. The number of fused-ring (bicyclic) bond motifs is 1. The van der Waals surface area contributed by atoms with Gasteiger partial charge in [0.2, 0.25) is 0 Å². The lowest BCUT2D eigenvalue weighted by molar-refractivity contribution is 0.292. The molecule has 0 bridgehead atoms. The number of imidazole rings is 1. The minimum atomic E-state index is 0.770. The molecule has 2 aromatic rings. The first-order valence-electron chi connectivity index (χ1n) is 6.17. The molecule has 0 spiro atoms. The molecule has 2 rings (SSSR count). The highest BCUT2D eigenvalue weighted by Gasteiger charge is 2.04. The lowest BCUT2D eigenvalue weighted by Gasteiger charge is -2.18. The number of nitrogens with zero attached hydrogens (tertiary/aromatic N) is 3. The van der Waals surface area contributed by atoms with Crippen molar-refractivity contribution in [1.82, 2.24) is 14.5 Å². The topological polar surface area (TPSA) is 47.1 Å². The number of nitrogen functional groups attached to an aromatic ring is 1. The van der Waals surface area contributed by atoms with Crippen molar-refractivity contribution >= 4 is 16.7 Å². The fourth-order valence-electron chi connectivity index (χ4n) is 2.05. The molecule has 17 heavy (non-hydrogen) atoms. The van der Waals surface area contributed by atoms with Crippen LogP contribution in [0.15, 0.2) is 24.5 Å². The summed E-state index contributed by atoms with van der Waals surface area (Å²) < 4.78 is 2.19. The number of hydrogen-bond donors (Lipinski definition) is 1. The monoisotopic (exact) mass is 232 g/mol. The van der Waals surface area contributed by atoms with Crippen LogP contribution in [0, 0.1) is 0 Å². The molecule has 0 saturated heterocycles. The number of hydrogen-bond acceptors (Lipinski definition) is 3. The van der Waals surface area contributed by atoms with E-state index in [9.17, 15) is 0 Å². The normalized spacial score (nSPS) is 11.5. The van der Waals surface area contributed by atoms with E-state index in [-0.39, 0.29) is 0 Å². The van der Waals surface area contributed by atoms with Gasteiger partial charge in [-0.1, -0.05) is 13.8 Å². The van der Waals surface area contributed by atoms with E-state index in [1.165, 1.54) is 0 Å². The maximum absolute atomic E-state index is 5.74. The van der Waals surface area contributed by atoms with Gasteiger partial charge in [0.05, 0.1) is 17.4 Å². The second-order valence-electron chi connectivity index (χ2n) is 4.21. The summed E-state index contributed by atoms with van der Waals surface area (Å²) in [6.07, 6.45) is 1.90. The molecule has 0 aliphatic carbocycles. The summed E-state index contributed by atoms with van der Waals surface area (Å²) in [5, 5.41) is 0. The summed E-state index contributed by atoms with van der Waals surface area (Å²) in [4.78, 5) is 6.78. The van der Waals surface area contributed by atoms with Crippen LogP contribution in [0.5, 0.6) is 0 Å². The molecule has 0 aliphatic rings. The van der Waals surface area contributed by atoms with Gasteiger partial charge in [0.15, 0.2) is 0 Å². The van der Waals surface area contributed by atoms with E-state index in [2.05, 4.69) is 28.3 Å². The Morgan fingerprint density at radius 3 is 2.76 bits per heavy atom. The van der Waals surface area contributed by atoms with Gasteiger partial charge >= 0.3 is 0 Å². The number of benzene rings is 1. The van der Waals surface area contributed by atoms with E-state index in [1.54, 1.807) is 0 Å². The van der Waals surface area contributed by atoms with E-state index in [0.717, 1.165) is 42.9 Å². The maximum atomic E-state index is 5.74. The zero-order valence-corrected chi connectivity index (χ0v) is 10.6. The predicted octanol–water partition coefficient (Wildman–Crippen LogP) is 1.96. The Kier molecular flexibility index (Phi) is 3.64. The van der Waals surface area contributed by atoms with Gasteiger partial charge in [0.25, 0.3) is 0 Å². The Balaban J connectivity index is 2.14. The van der Waals surface area contributed by atoms with Gasteiger partial charge in [0.1, 0.15) is 0 Å². The van der Waals surface area contributed by atoms with E-state index in [1.807, 2.05) is 24.5 Å². The van der Waals surface area contributed by atoms with Gasteiger partial charge in [-0.15, -0.1) is 0 Å². The van der Waals surface area contributed by atoms with Gasteiger partial charge in [-0.2, -0.15) is 0 Å². The lowest BCUT2D eigenvalue weighted by Crippen LogP contribution is -2.26. The fourth-order valence-corrected chi connectivity index (χ4v) is 2.05. The SMILES string of the molecule is CCN(CC)CCn1cnc2cc(N)ccc21. The zero-order chi connectivity index (χ0) is 12.3. The van der Waals surface area contributed by atoms with E-state index in [0.29, 0.717) is 0 Å².